The number of benzene rings is 2. The van der Waals surface area contributed by atoms with E-state index in [-0.39, 0.29) is 18.4 Å². The van der Waals surface area contributed by atoms with Crippen LogP contribution in [0.4, 0.5) is 0 Å². The van der Waals surface area contributed by atoms with Crippen molar-refractivity contribution >= 4 is 28.1 Å². The number of aromatic nitrogens is 2. The fraction of sp³-hybridized carbons (Fsp3) is 0.217. The fourth-order valence-corrected chi connectivity index (χ4v) is 4.17. The summed E-state index contributed by atoms with van der Waals surface area (Å²) in [5.74, 6) is 0.457. The number of H-pyrrole nitrogens is 1. The van der Waals surface area contributed by atoms with Gasteiger partial charge in [0.2, 0.25) is 5.91 Å². The number of para-hydroxylation sites is 1. The van der Waals surface area contributed by atoms with Gasteiger partial charge in [-0.15, -0.1) is 11.3 Å². The molecule has 2 N–H and O–H groups in total. The molecule has 28 heavy (non-hydrogen) atoms. The lowest BCUT2D eigenvalue weighted by Crippen LogP contribution is -2.30. The average molecular weight is 390 g/mol. The Hall–Kier alpha value is -2.92. The predicted octanol–water partition coefficient (Wildman–Crippen LogP) is 5.20. The smallest absolute Gasteiger partial charge is 0.226 e. The number of carbonyl (C=O) groups is 1. The number of aromatic amines is 1. The molecule has 142 valence electrons. The van der Waals surface area contributed by atoms with Crippen LogP contribution in [0.25, 0.3) is 10.9 Å². The molecule has 2 heterocycles. The molecular weight excluding hydrogens is 366 g/mol. The van der Waals surface area contributed by atoms with E-state index in [1.54, 1.807) is 11.3 Å². The van der Waals surface area contributed by atoms with Crippen molar-refractivity contribution in [2.24, 2.45) is 0 Å². The van der Waals surface area contributed by atoms with Crippen molar-refractivity contribution in [3.05, 3.63) is 87.7 Å². The van der Waals surface area contributed by atoms with E-state index in [4.69, 9.17) is 0 Å². The van der Waals surface area contributed by atoms with Gasteiger partial charge in [-0.05, 0) is 34.6 Å². The van der Waals surface area contributed by atoms with Crippen LogP contribution in [0.15, 0.2) is 66.0 Å². The number of carbonyl (C=O) groups excluding carboxylic acids is 1. The summed E-state index contributed by atoms with van der Waals surface area (Å²) in [7, 11) is 0. The van der Waals surface area contributed by atoms with Gasteiger partial charge in [0.1, 0.15) is 0 Å². The standard InChI is InChI=1S/C23H23N3OS/c1-15(2)16-9-11-17(12-10-16)23(21-8-5-13-28-21)24-22(27)14-20-18-6-3-4-7-19(18)25-26-20/h3-13,15,23H,14H2,1-2H3,(H,24,27)(H,25,26). The fourth-order valence-electron chi connectivity index (χ4n) is 3.37. The Labute approximate surface area is 168 Å². The summed E-state index contributed by atoms with van der Waals surface area (Å²) in [5, 5.41) is 13.5. The average Bonchev–Trinajstić information content (AvgIpc) is 3.37. The Morgan fingerprint density at radius 2 is 1.79 bits per heavy atom. The van der Waals surface area contributed by atoms with Gasteiger partial charge in [0.15, 0.2) is 0 Å². The van der Waals surface area contributed by atoms with E-state index in [1.165, 1.54) is 5.56 Å². The largest absolute Gasteiger partial charge is 0.344 e. The summed E-state index contributed by atoms with van der Waals surface area (Å²) in [5.41, 5.74) is 4.11. The first-order valence-corrected chi connectivity index (χ1v) is 10.3. The number of fused-ring (bicyclic) bond motifs is 1. The van der Waals surface area contributed by atoms with Crippen molar-refractivity contribution in [1.82, 2.24) is 15.5 Å². The molecule has 1 unspecified atom stereocenters. The molecule has 0 saturated carbocycles. The van der Waals surface area contributed by atoms with Crippen molar-refractivity contribution in [3.63, 3.8) is 0 Å². The molecule has 4 aromatic rings. The maximum absolute atomic E-state index is 12.9. The highest BCUT2D eigenvalue weighted by atomic mass is 32.1. The van der Waals surface area contributed by atoms with Crippen LogP contribution in [0.1, 0.15) is 47.5 Å². The highest BCUT2D eigenvalue weighted by Crippen LogP contribution is 2.28. The molecule has 0 saturated heterocycles. The highest BCUT2D eigenvalue weighted by Gasteiger charge is 2.19. The van der Waals surface area contributed by atoms with Gasteiger partial charge in [-0.3, -0.25) is 9.89 Å². The summed E-state index contributed by atoms with van der Waals surface area (Å²) in [6.45, 7) is 4.37. The molecule has 4 rings (SSSR count). The first kappa shape index (κ1) is 18.4. The van der Waals surface area contributed by atoms with E-state index in [2.05, 4.69) is 59.7 Å². The summed E-state index contributed by atoms with van der Waals surface area (Å²) in [6.07, 6.45) is 0.270. The first-order chi connectivity index (χ1) is 13.6. The second-order valence-electron chi connectivity index (χ2n) is 7.23. The summed E-state index contributed by atoms with van der Waals surface area (Å²) in [6, 6.07) is 20.3. The number of hydrogen-bond acceptors (Lipinski definition) is 3. The van der Waals surface area contributed by atoms with E-state index < -0.39 is 0 Å². The lowest BCUT2D eigenvalue weighted by Gasteiger charge is -2.19. The third kappa shape index (κ3) is 3.85. The summed E-state index contributed by atoms with van der Waals surface area (Å²) < 4.78 is 0. The van der Waals surface area contributed by atoms with Crippen LogP contribution in [0, 0.1) is 0 Å². The zero-order valence-electron chi connectivity index (χ0n) is 16.0. The van der Waals surface area contributed by atoms with Gasteiger partial charge in [0, 0.05) is 10.3 Å². The Balaban J connectivity index is 1.56. The summed E-state index contributed by atoms with van der Waals surface area (Å²) in [4.78, 5) is 14.0. The molecule has 0 aliphatic carbocycles. The third-order valence-corrected chi connectivity index (χ3v) is 5.88. The van der Waals surface area contributed by atoms with Crippen LogP contribution in [0.5, 0.6) is 0 Å². The molecular formula is C23H23N3OS. The monoisotopic (exact) mass is 389 g/mol. The topological polar surface area (TPSA) is 57.8 Å². The third-order valence-electron chi connectivity index (χ3n) is 4.95. The molecule has 0 aliphatic rings. The number of hydrogen-bond donors (Lipinski definition) is 2. The number of amides is 1. The summed E-state index contributed by atoms with van der Waals surface area (Å²) >= 11 is 1.65. The van der Waals surface area contributed by atoms with Crippen LogP contribution in [-0.4, -0.2) is 16.1 Å². The lowest BCUT2D eigenvalue weighted by molar-refractivity contribution is -0.120. The SMILES string of the molecule is CC(C)c1ccc(C(NC(=O)Cc2[nH]nc3ccccc23)c2cccs2)cc1. The van der Waals surface area contributed by atoms with Crippen LogP contribution < -0.4 is 5.32 Å². The normalized spacial score (nSPS) is 12.4. The molecule has 0 bridgehead atoms. The highest BCUT2D eigenvalue weighted by molar-refractivity contribution is 7.10. The molecule has 0 spiro atoms. The van der Waals surface area contributed by atoms with Crippen LogP contribution in [-0.2, 0) is 11.2 Å². The van der Waals surface area contributed by atoms with E-state index in [0.29, 0.717) is 5.92 Å². The molecule has 1 atom stereocenters. The lowest BCUT2D eigenvalue weighted by atomic mass is 9.98. The molecule has 5 heteroatoms. The maximum Gasteiger partial charge on any atom is 0.226 e. The molecule has 2 aromatic heterocycles. The predicted molar refractivity (Wildman–Crippen MR) is 115 cm³/mol. The van der Waals surface area contributed by atoms with Crippen molar-refractivity contribution in [1.29, 1.82) is 0 Å². The second-order valence-corrected chi connectivity index (χ2v) is 8.21. The number of nitrogens with one attached hydrogen (secondary N) is 2. The van der Waals surface area contributed by atoms with Crippen LogP contribution >= 0.6 is 11.3 Å². The van der Waals surface area contributed by atoms with E-state index in [0.717, 1.165) is 27.0 Å². The maximum atomic E-state index is 12.9. The Bertz CT molecular complexity index is 1060. The molecule has 0 aliphatic heterocycles. The van der Waals surface area contributed by atoms with Crippen LogP contribution in [0.3, 0.4) is 0 Å². The Morgan fingerprint density at radius 3 is 2.50 bits per heavy atom. The molecule has 1 amide bonds. The number of rotatable bonds is 6. The zero-order chi connectivity index (χ0) is 19.5. The van der Waals surface area contributed by atoms with E-state index >= 15 is 0 Å². The van der Waals surface area contributed by atoms with Gasteiger partial charge in [-0.25, -0.2) is 0 Å². The van der Waals surface area contributed by atoms with Crippen LogP contribution in [0.2, 0.25) is 0 Å². The Kier molecular flexibility index (Phi) is 5.26. The van der Waals surface area contributed by atoms with Crippen molar-refractivity contribution in [2.75, 3.05) is 0 Å². The van der Waals surface area contributed by atoms with Gasteiger partial charge in [-0.2, -0.15) is 5.10 Å². The molecule has 0 fully saturated rings. The first-order valence-electron chi connectivity index (χ1n) is 9.46. The van der Waals surface area contributed by atoms with E-state index in [1.807, 2.05) is 35.7 Å². The van der Waals surface area contributed by atoms with Crippen molar-refractivity contribution in [2.45, 2.75) is 32.2 Å². The van der Waals surface area contributed by atoms with Gasteiger partial charge < -0.3 is 5.32 Å². The van der Waals surface area contributed by atoms with Gasteiger partial charge in [-0.1, -0.05) is 62.4 Å². The molecule has 0 radical (unpaired) electrons. The minimum Gasteiger partial charge on any atom is -0.344 e. The number of nitrogens with zero attached hydrogens (tertiary/aromatic N) is 1. The molecule has 4 nitrogen and oxygen atoms in total. The van der Waals surface area contributed by atoms with Crippen molar-refractivity contribution in [3.8, 4) is 0 Å². The number of thiophene rings is 1. The van der Waals surface area contributed by atoms with Gasteiger partial charge >= 0.3 is 0 Å². The second kappa shape index (κ2) is 7.98. The zero-order valence-corrected chi connectivity index (χ0v) is 16.8. The quantitative estimate of drug-likeness (QED) is 0.476. The Morgan fingerprint density at radius 1 is 1.04 bits per heavy atom. The van der Waals surface area contributed by atoms with Gasteiger partial charge in [0.25, 0.3) is 0 Å². The van der Waals surface area contributed by atoms with Crippen molar-refractivity contribution < 1.29 is 4.79 Å². The minimum atomic E-state index is -0.150. The molecule has 2 aromatic carbocycles. The van der Waals surface area contributed by atoms with E-state index in [9.17, 15) is 4.79 Å². The minimum absolute atomic E-state index is 0.0271. The van der Waals surface area contributed by atoms with Gasteiger partial charge in [0.05, 0.1) is 23.7 Å².